The van der Waals surface area contributed by atoms with Gasteiger partial charge in [0.1, 0.15) is 5.58 Å². The van der Waals surface area contributed by atoms with E-state index in [0.29, 0.717) is 17.7 Å². The van der Waals surface area contributed by atoms with E-state index in [1.807, 2.05) is 12.1 Å². The molecule has 1 aromatic heterocycles. The van der Waals surface area contributed by atoms with Crippen LogP contribution in [0.5, 0.6) is 0 Å². The van der Waals surface area contributed by atoms with Gasteiger partial charge in [0.05, 0.1) is 12.7 Å². The standard InChI is InChI=1S/C17H12N2O3/c20-16-9-12-8-13(2-3-14(12)19-16)18-17(21)11-1-4-15-10(7-11)5-6-22-15/h1-8H,9H2,(H,18,21)(H,19,20). The molecule has 108 valence electrons. The second kappa shape index (κ2) is 4.73. The second-order valence-electron chi connectivity index (χ2n) is 5.22. The molecule has 0 aliphatic carbocycles. The van der Waals surface area contributed by atoms with E-state index < -0.39 is 0 Å². The molecule has 0 fully saturated rings. The van der Waals surface area contributed by atoms with Crippen LogP contribution in [-0.2, 0) is 11.2 Å². The molecule has 1 aliphatic heterocycles. The van der Waals surface area contributed by atoms with Gasteiger partial charge in [0.2, 0.25) is 5.91 Å². The number of carbonyl (C=O) groups is 2. The van der Waals surface area contributed by atoms with Gasteiger partial charge in [0.15, 0.2) is 0 Å². The Labute approximate surface area is 125 Å². The van der Waals surface area contributed by atoms with Crippen molar-refractivity contribution in [3.8, 4) is 0 Å². The maximum atomic E-state index is 12.3. The molecule has 2 N–H and O–H groups in total. The summed E-state index contributed by atoms with van der Waals surface area (Å²) in [7, 11) is 0. The first-order valence-electron chi connectivity index (χ1n) is 6.90. The number of anilines is 2. The molecule has 4 rings (SSSR count). The molecular formula is C17H12N2O3. The van der Waals surface area contributed by atoms with Crippen molar-refractivity contribution in [2.75, 3.05) is 10.6 Å². The van der Waals surface area contributed by atoms with Crippen LogP contribution in [-0.4, -0.2) is 11.8 Å². The smallest absolute Gasteiger partial charge is 0.255 e. The second-order valence-corrected chi connectivity index (χ2v) is 5.22. The van der Waals surface area contributed by atoms with Crippen molar-refractivity contribution in [2.24, 2.45) is 0 Å². The molecule has 0 atom stereocenters. The van der Waals surface area contributed by atoms with Crippen LogP contribution in [0.2, 0.25) is 0 Å². The van der Waals surface area contributed by atoms with Crippen LogP contribution in [0.4, 0.5) is 11.4 Å². The average Bonchev–Trinajstić information content (AvgIpc) is 3.10. The topological polar surface area (TPSA) is 71.3 Å². The number of amides is 2. The quantitative estimate of drug-likeness (QED) is 0.762. The summed E-state index contributed by atoms with van der Waals surface area (Å²) >= 11 is 0. The SMILES string of the molecule is O=C1Cc2cc(NC(=O)c3ccc4occc4c3)ccc2N1. The van der Waals surface area contributed by atoms with E-state index in [2.05, 4.69) is 10.6 Å². The Bertz CT molecular complexity index is 911. The zero-order chi connectivity index (χ0) is 15.1. The van der Waals surface area contributed by atoms with Crippen LogP contribution in [0, 0.1) is 0 Å². The third-order valence-corrected chi connectivity index (χ3v) is 3.70. The van der Waals surface area contributed by atoms with Gasteiger partial charge in [-0.2, -0.15) is 0 Å². The molecule has 0 unspecified atom stereocenters. The van der Waals surface area contributed by atoms with E-state index >= 15 is 0 Å². The lowest BCUT2D eigenvalue weighted by atomic mass is 10.1. The molecule has 5 heteroatoms. The van der Waals surface area contributed by atoms with Gasteiger partial charge in [0.25, 0.3) is 5.91 Å². The van der Waals surface area contributed by atoms with Gasteiger partial charge in [-0.3, -0.25) is 9.59 Å². The monoisotopic (exact) mass is 292 g/mol. The largest absolute Gasteiger partial charge is 0.464 e. The maximum absolute atomic E-state index is 12.3. The lowest BCUT2D eigenvalue weighted by Gasteiger charge is -2.07. The summed E-state index contributed by atoms with van der Waals surface area (Å²) in [4.78, 5) is 23.7. The van der Waals surface area contributed by atoms with Gasteiger partial charge in [-0.15, -0.1) is 0 Å². The summed E-state index contributed by atoms with van der Waals surface area (Å²) in [6, 6.07) is 12.5. The van der Waals surface area contributed by atoms with Gasteiger partial charge >= 0.3 is 0 Å². The minimum atomic E-state index is -0.194. The third-order valence-electron chi connectivity index (χ3n) is 3.70. The van der Waals surface area contributed by atoms with Crippen molar-refractivity contribution >= 4 is 34.2 Å². The van der Waals surface area contributed by atoms with Gasteiger partial charge in [-0.25, -0.2) is 0 Å². The van der Waals surface area contributed by atoms with E-state index in [0.717, 1.165) is 22.2 Å². The zero-order valence-corrected chi connectivity index (χ0v) is 11.6. The maximum Gasteiger partial charge on any atom is 0.255 e. The molecule has 2 amide bonds. The van der Waals surface area contributed by atoms with Crippen LogP contribution in [0.15, 0.2) is 53.1 Å². The lowest BCUT2D eigenvalue weighted by Crippen LogP contribution is -2.11. The van der Waals surface area contributed by atoms with Crippen LogP contribution in [0.3, 0.4) is 0 Å². The molecule has 0 saturated carbocycles. The predicted octanol–water partition coefficient (Wildman–Crippen LogP) is 3.18. The van der Waals surface area contributed by atoms with E-state index in [9.17, 15) is 9.59 Å². The average molecular weight is 292 g/mol. The normalized spacial score (nSPS) is 13.0. The van der Waals surface area contributed by atoms with Gasteiger partial charge in [-0.05, 0) is 48.0 Å². The highest BCUT2D eigenvalue weighted by molar-refractivity contribution is 6.07. The van der Waals surface area contributed by atoms with Crippen molar-refractivity contribution in [1.29, 1.82) is 0 Å². The highest BCUT2D eigenvalue weighted by atomic mass is 16.3. The zero-order valence-electron chi connectivity index (χ0n) is 11.6. The molecule has 0 spiro atoms. The molecule has 22 heavy (non-hydrogen) atoms. The van der Waals surface area contributed by atoms with E-state index in [4.69, 9.17) is 4.42 Å². The Hall–Kier alpha value is -3.08. The molecule has 1 aliphatic rings. The summed E-state index contributed by atoms with van der Waals surface area (Å²) in [5.41, 5.74) is 3.69. The Balaban J connectivity index is 1.59. The Morgan fingerprint density at radius 1 is 1.14 bits per heavy atom. The van der Waals surface area contributed by atoms with Crippen molar-refractivity contribution in [1.82, 2.24) is 0 Å². The van der Waals surface area contributed by atoms with E-state index in [1.165, 1.54) is 0 Å². The number of furan rings is 1. The van der Waals surface area contributed by atoms with Crippen molar-refractivity contribution in [3.05, 3.63) is 59.9 Å². The van der Waals surface area contributed by atoms with Crippen LogP contribution >= 0.6 is 0 Å². The number of carbonyl (C=O) groups excluding carboxylic acids is 2. The van der Waals surface area contributed by atoms with E-state index in [1.54, 1.807) is 36.6 Å². The fraction of sp³-hybridized carbons (Fsp3) is 0.0588. The summed E-state index contributed by atoms with van der Waals surface area (Å²) in [5.74, 6) is -0.218. The van der Waals surface area contributed by atoms with Crippen LogP contribution < -0.4 is 10.6 Å². The summed E-state index contributed by atoms with van der Waals surface area (Å²) < 4.78 is 5.26. The summed E-state index contributed by atoms with van der Waals surface area (Å²) in [6.45, 7) is 0. The number of hydrogen-bond donors (Lipinski definition) is 2. The molecular weight excluding hydrogens is 280 g/mol. The van der Waals surface area contributed by atoms with Gasteiger partial charge in [0, 0.05) is 22.3 Å². The molecule has 0 saturated heterocycles. The number of fused-ring (bicyclic) bond motifs is 2. The van der Waals surface area contributed by atoms with Crippen molar-refractivity contribution in [3.63, 3.8) is 0 Å². The predicted molar refractivity (Wildman–Crippen MR) is 82.9 cm³/mol. The molecule has 0 bridgehead atoms. The van der Waals surface area contributed by atoms with Crippen molar-refractivity contribution < 1.29 is 14.0 Å². The Morgan fingerprint density at radius 3 is 2.95 bits per heavy atom. The highest BCUT2D eigenvalue weighted by Crippen LogP contribution is 2.26. The van der Waals surface area contributed by atoms with Gasteiger partial charge in [-0.1, -0.05) is 0 Å². The molecule has 2 aromatic carbocycles. The van der Waals surface area contributed by atoms with Crippen LogP contribution in [0.1, 0.15) is 15.9 Å². The number of hydrogen-bond acceptors (Lipinski definition) is 3. The van der Waals surface area contributed by atoms with Crippen molar-refractivity contribution in [2.45, 2.75) is 6.42 Å². The third kappa shape index (κ3) is 2.13. The lowest BCUT2D eigenvalue weighted by molar-refractivity contribution is -0.115. The Kier molecular flexibility index (Phi) is 2.72. The minimum Gasteiger partial charge on any atom is -0.464 e. The number of rotatable bonds is 2. The fourth-order valence-electron chi connectivity index (χ4n) is 2.62. The number of nitrogens with one attached hydrogen (secondary N) is 2. The first-order chi connectivity index (χ1) is 10.7. The molecule has 0 radical (unpaired) electrons. The summed E-state index contributed by atoms with van der Waals surface area (Å²) in [5, 5.41) is 6.50. The minimum absolute atomic E-state index is 0.0242. The molecule has 3 aromatic rings. The van der Waals surface area contributed by atoms with E-state index in [-0.39, 0.29) is 11.8 Å². The molecule has 5 nitrogen and oxygen atoms in total. The van der Waals surface area contributed by atoms with Gasteiger partial charge < -0.3 is 15.1 Å². The first-order valence-corrected chi connectivity index (χ1v) is 6.90. The Morgan fingerprint density at radius 2 is 2.05 bits per heavy atom. The van der Waals surface area contributed by atoms with Crippen LogP contribution in [0.25, 0.3) is 11.0 Å². The number of benzene rings is 2. The highest BCUT2D eigenvalue weighted by Gasteiger charge is 2.18. The summed E-state index contributed by atoms with van der Waals surface area (Å²) in [6.07, 6.45) is 1.94. The molecule has 2 heterocycles. The fourth-order valence-corrected chi connectivity index (χ4v) is 2.62. The first kappa shape index (κ1) is 12.6.